The first-order valence-corrected chi connectivity index (χ1v) is 13.5. The number of rotatable bonds is 8. The number of hydrogen-bond donors (Lipinski definition) is 0. The highest BCUT2D eigenvalue weighted by molar-refractivity contribution is 6.30. The highest BCUT2D eigenvalue weighted by Gasteiger charge is 2.42. The zero-order chi connectivity index (χ0) is 28.9. The Kier molecular flexibility index (Phi) is 10.1. The van der Waals surface area contributed by atoms with Gasteiger partial charge in [-0.25, -0.2) is 9.59 Å². The van der Waals surface area contributed by atoms with Crippen molar-refractivity contribution in [2.75, 3.05) is 7.11 Å². The molecule has 1 aliphatic rings. The van der Waals surface area contributed by atoms with Crippen LogP contribution >= 0.6 is 11.6 Å². The Morgan fingerprint density at radius 1 is 1.18 bits per heavy atom. The zero-order valence-corrected chi connectivity index (χ0v) is 23.6. The molecule has 1 aliphatic heterocycles. The number of likely N-dealkylation sites (tertiary alicyclic amines) is 1. The first-order valence-electron chi connectivity index (χ1n) is 13.1. The van der Waals surface area contributed by atoms with Crippen LogP contribution in [0, 0.1) is 0 Å². The molecule has 0 saturated carbocycles. The molecule has 8 nitrogen and oxygen atoms in total. The molecule has 1 fully saturated rings. The molecule has 1 aromatic carbocycles. The Balaban J connectivity index is 1.97. The van der Waals surface area contributed by atoms with Gasteiger partial charge in [0.15, 0.2) is 0 Å². The summed E-state index contributed by atoms with van der Waals surface area (Å²) in [6.07, 6.45) is -2.36. The predicted octanol–water partition coefficient (Wildman–Crippen LogP) is 6.54. The number of aromatic nitrogens is 2. The molecule has 216 valence electrons. The van der Waals surface area contributed by atoms with Crippen LogP contribution in [-0.2, 0) is 35.2 Å². The third-order valence-corrected chi connectivity index (χ3v) is 7.06. The lowest BCUT2D eigenvalue weighted by Crippen LogP contribution is -2.58. The number of amides is 2. The van der Waals surface area contributed by atoms with Crippen molar-refractivity contribution in [1.29, 1.82) is 0 Å². The fourth-order valence-corrected chi connectivity index (χ4v) is 5.36. The van der Waals surface area contributed by atoms with E-state index < -0.39 is 30.0 Å². The number of methoxy groups -OCH3 is 1. The Hall–Kier alpha value is -2.95. The molecule has 0 N–H and O–H groups in total. The predicted molar refractivity (Wildman–Crippen MR) is 140 cm³/mol. The lowest BCUT2D eigenvalue weighted by molar-refractivity contribution is -0.137. The van der Waals surface area contributed by atoms with E-state index in [-0.39, 0.29) is 35.3 Å². The molecule has 2 amide bonds. The van der Waals surface area contributed by atoms with E-state index in [9.17, 15) is 22.8 Å². The third-order valence-electron chi connectivity index (χ3n) is 6.85. The Labute approximate surface area is 232 Å². The van der Waals surface area contributed by atoms with Gasteiger partial charge in [-0.1, -0.05) is 18.5 Å². The second kappa shape index (κ2) is 12.9. The number of hydrogen-bond acceptors (Lipinski definition) is 5. The number of aryl methyl sites for hydroxylation is 1. The largest absolute Gasteiger partial charge is 0.453 e. The number of halogens is 4. The van der Waals surface area contributed by atoms with Gasteiger partial charge in [0, 0.05) is 48.9 Å². The molecule has 12 heteroatoms. The Bertz CT molecular complexity index is 1140. The van der Waals surface area contributed by atoms with Crippen LogP contribution in [0.4, 0.5) is 22.8 Å². The summed E-state index contributed by atoms with van der Waals surface area (Å²) in [5.74, 6) is 0. The first-order chi connectivity index (χ1) is 18.4. The maximum Gasteiger partial charge on any atom is 0.416 e. The summed E-state index contributed by atoms with van der Waals surface area (Å²) >= 11 is 6.01. The van der Waals surface area contributed by atoms with Crippen LogP contribution in [0.5, 0.6) is 0 Å². The van der Waals surface area contributed by atoms with Crippen LogP contribution in [0.25, 0.3) is 0 Å². The smallest absolute Gasteiger partial charge is 0.416 e. The van der Waals surface area contributed by atoms with Crippen LogP contribution < -0.4 is 0 Å². The molecule has 3 atom stereocenters. The SMILES string of the molecule is CCC1CC(N(Cc2cc(Cl)cc(C(F)(F)F)c2)C(=O)OC)CC(Cc2ccn(CC)n2)N1C(=O)OC(C)C. The van der Waals surface area contributed by atoms with E-state index in [1.807, 2.05) is 26.1 Å². The van der Waals surface area contributed by atoms with Gasteiger partial charge in [-0.05, 0) is 69.9 Å². The number of carbonyl (C=O) groups is 2. The maximum atomic E-state index is 13.4. The molecule has 3 rings (SSSR count). The lowest BCUT2D eigenvalue weighted by Gasteiger charge is -2.47. The van der Waals surface area contributed by atoms with Crippen molar-refractivity contribution in [3.63, 3.8) is 0 Å². The van der Waals surface area contributed by atoms with Crippen molar-refractivity contribution in [3.8, 4) is 0 Å². The van der Waals surface area contributed by atoms with Crippen LogP contribution in [0.15, 0.2) is 30.5 Å². The van der Waals surface area contributed by atoms with Crippen LogP contribution in [0.1, 0.15) is 63.8 Å². The zero-order valence-electron chi connectivity index (χ0n) is 22.9. The van der Waals surface area contributed by atoms with Crippen LogP contribution in [0.2, 0.25) is 5.02 Å². The summed E-state index contributed by atoms with van der Waals surface area (Å²) in [5.41, 5.74) is 0.124. The van der Waals surface area contributed by atoms with Crippen molar-refractivity contribution in [1.82, 2.24) is 19.6 Å². The minimum absolute atomic E-state index is 0.0771. The van der Waals surface area contributed by atoms with Crippen molar-refractivity contribution in [3.05, 3.63) is 52.3 Å². The molecule has 2 heterocycles. The van der Waals surface area contributed by atoms with E-state index >= 15 is 0 Å². The number of nitrogens with zero attached hydrogens (tertiary/aromatic N) is 4. The number of piperidine rings is 1. The second-order valence-electron chi connectivity index (χ2n) is 9.99. The second-order valence-corrected chi connectivity index (χ2v) is 10.4. The van der Waals surface area contributed by atoms with E-state index in [4.69, 9.17) is 21.1 Å². The van der Waals surface area contributed by atoms with Crippen LogP contribution in [0.3, 0.4) is 0 Å². The van der Waals surface area contributed by atoms with E-state index in [0.29, 0.717) is 32.2 Å². The van der Waals surface area contributed by atoms with E-state index in [1.54, 1.807) is 23.4 Å². The van der Waals surface area contributed by atoms with Crippen LogP contribution in [-0.4, -0.2) is 63.1 Å². The highest BCUT2D eigenvalue weighted by atomic mass is 35.5. The van der Waals surface area contributed by atoms with Gasteiger partial charge >= 0.3 is 18.4 Å². The molecule has 2 aromatic rings. The minimum Gasteiger partial charge on any atom is -0.453 e. The summed E-state index contributed by atoms with van der Waals surface area (Å²) in [4.78, 5) is 29.4. The lowest BCUT2D eigenvalue weighted by atomic mass is 9.87. The fraction of sp³-hybridized carbons (Fsp3) is 0.593. The van der Waals surface area contributed by atoms with Gasteiger partial charge in [-0.3, -0.25) is 4.68 Å². The summed E-state index contributed by atoms with van der Waals surface area (Å²) < 4.78 is 52.7. The monoisotopic (exact) mass is 572 g/mol. The number of alkyl halides is 3. The van der Waals surface area contributed by atoms with Crippen molar-refractivity contribution < 1.29 is 32.2 Å². The summed E-state index contributed by atoms with van der Waals surface area (Å²) in [7, 11) is 1.23. The Morgan fingerprint density at radius 2 is 1.87 bits per heavy atom. The van der Waals surface area contributed by atoms with Crippen molar-refractivity contribution >= 4 is 23.8 Å². The minimum atomic E-state index is -4.59. The van der Waals surface area contributed by atoms with Gasteiger partial charge in [0.25, 0.3) is 0 Å². The fourth-order valence-electron chi connectivity index (χ4n) is 5.10. The quantitative estimate of drug-likeness (QED) is 0.359. The molecule has 0 bridgehead atoms. The third kappa shape index (κ3) is 7.80. The molecule has 1 saturated heterocycles. The van der Waals surface area contributed by atoms with Gasteiger partial charge in [0.2, 0.25) is 0 Å². The van der Waals surface area contributed by atoms with Gasteiger partial charge in [0.1, 0.15) is 0 Å². The maximum absolute atomic E-state index is 13.4. The number of ether oxygens (including phenoxy) is 2. The van der Waals surface area contributed by atoms with E-state index in [2.05, 4.69) is 5.10 Å². The summed E-state index contributed by atoms with van der Waals surface area (Å²) in [6, 6.07) is 4.09. The van der Waals surface area contributed by atoms with Gasteiger partial charge in [0.05, 0.1) is 24.5 Å². The van der Waals surface area contributed by atoms with E-state index in [1.165, 1.54) is 18.1 Å². The molecule has 39 heavy (non-hydrogen) atoms. The highest BCUT2D eigenvalue weighted by Crippen LogP contribution is 2.35. The molecule has 0 radical (unpaired) electrons. The van der Waals surface area contributed by atoms with Gasteiger partial charge in [-0.15, -0.1) is 0 Å². The van der Waals surface area contributed by atoms with Gasteiger partial charge < -0.3 is 19.3 Å². The Morgan fingerprint density at radius 3 is 2.44 bits per heavy atom. The molecule has 1 aromatic heterocycles. The average Bonchev–Trinajstić information content (AvgIpc) is 3.32. The summed E-state index contributed by atoms with van der Waals surface area (Å²) in [6.45, 7) is 8.04. The first kappa shape index (κ1) is 30.6. The standard InChI is InChI=1S/C27H36ClF3N4O4/c1-6-22-14-23(34(25(36)38-5)16-18-10-19(27(29,30)31)12-20(28)11-18)15-24(35(22)26(37)39-17(3)4)13-21-8-9-33(7-2)32-21/h8-12,17,22-24H,6-7,13-16H2,1-5H3. The normalized spacial score (nSPS) is 19.7. The van der Waals surface area contributed by atoms with Crippen molar-refractivity contribution in [2.24, 2.45) is 0 Å². The van der Waals surface area contributed by atoms with Gasteiger partial charge in [-0.2, -0.15) is 18.3 Å². The molecular formula is C27H36ClF3N4O4. The van der Waals surface area contributed by atoms with E-state index in [0.717, 1.165) is 17.8 Å². The molecular weight excluding hydrogens is 537 g/mol. The summed E-state index contributed by atoms with van der Waals surface area (Å²) in [5, 5.41) is 4.49. The average molecular weight is 573 g/mol. The molecule has 3 unspecified atom stereocenters. The topological polar surface area (TPSA) is 76.9 Å². The molecule has 0 aliphatic carbocycles. The molecule has 0 spiro atoms. The number of carbonyl (C=O) groups excluding carboxylic acids is 2. The number of benzene rings is 1. The van der Waals surface area contributed by atoms with Crippen molar-refractivity contribution in [2.45, 2.75) is 96.9 Å².